The van der Waals surface area contributed by atoms with E-state index in [2.05, 4.69) is 35.9 Å². The molecule has 1 saturated heterocycles. The van der Waals surface area contributed by atoms with Gasteiger partial charge in [0.1, 0.15) is 23.7 Å². The lowest BCUT2D eigenvalue weighted by molar-refractivity contribution is -0.141. The quantitative estimate of drug-likeness (QED) is 0.217. The lowest BCUT2D eigenvalue weighted by atomic mass is 9.87. The highest BCUT2D eigenvalue weighted by molar-refractivity contribution is 6.79. The van der Waals surface area contributed by atoms with E-state index in [1.807, 2.05) is 36.4 Å². The molecule has 11 nitrogen and oxygen atoms in total. The second kappa shape index (κ2) is 16.0. The van der Waals surface area contributed by atoms with Crippen LogP contribution in [0.3, 0.4) is 0 Å². The maximum absolute atomic E-state index is 14.7. The summed E-state index contributed by atoms with van der Waals surface area (Å²) in [6.07, 6.45) is 2.71. The standard InChI is InChI=1S/C41H52N4O7Si/c1-26(44(5)40(51)52-41(2,3)4)36(46)43-34(23-27-15-17-28(18-16-27)29-19-21-31(22-20-29)39(49)50)38(48)45-25-53(6,7)24-35(45)37(47)42-33-14-10-12-30-11-8-9-13-32(30)33/h8-9,11,13,15-22,26,33-35H,10,12,14,23-25H2,1-7H3,(H,42,47)(H,43,46)(H,49,50)/t26-,33?,34?,35-/m0/s1. The van der Waals surface area contributed by atoms with Gasteiger partial charge >= 0.3 is 12.1 Å². The van der Waals surface area contributed by atoms with Crippen molar-refractivity contribution in [1.29, 1.82) is 0 Å². The van der Waals surface area contributed by atoms with Gasteiger partial charge < -0.3 is 25.4 Å². The largest absolute Gasteiger partial charge is 0.478 e. The van der Waals surface area contributed by atoms with Gasteiger partial charge in [0.25, 0.3) is 0 Å². The number of nitrogens with one attached hydrogen (secondary N) is 2. The summed E-state index contributed by atoms with van der Waals surface area (Å²) in [6, 6.07) is 20.1. The number of nitrogens with zero attached hydrogens (tertiary/aromatic N) is 2. The average Bonchev–Trinajstić information content (AvgIpc) is 3.45. The van der Waals surface area contributed by atoms with Crippen molar-refractivity contribution in [3.05, 3.63) is 95.1 Å². The zero-order valence-electron chi connectivity index (χ0n) is 31.8. The summed E-state index contributed by atoms with van der Waals surface area (Å²) in [5.74, 6) is -2.05. The van der Waals surface area contributed by atoms with Gasteiger partial charge in [-0.15, -0.1) is 0 Å². The molecule has 4 atom stereocenters. The van der Waals surface area contributed by atoms with Gasteiger partial charge in [-0.25, -0.2) is 9.59 Å². The van der Waals surface area contributed by atoms with E-state index in [0.29, 0.717) is 12.2 Å². The van der Waals surface area contributed by atoms with Crippen molar-refractivity contribution >= 4 is 37.9 Å². The Balaban J connectivity index is 1.39. The molecular weight excluding hydrogens is 689 g/mol. The summed E-state index contributed by atoms with van der Waals surface area (Å²) >= 11 is 0. The molecule has 0 saturated carbocycles. The van der Waals surface area contributed by atoms with Gasteiger partial charge in [-0.1, -0.05) is 73.8 Å². The molecule has 5 rings (SSSR count). The van der Waals surface area contributed by atoms with E-state index >= 15 is 0 Å². The summed E-state index contributed by atoms with van der Waals surface area (Å²) < 4.78 is 5.48. The Morgan fingerprint density at radius 1 is 0.962 bits per heavy atom. The number of fused-ring (bicyclic) bond motifs is 1. The van der Waals surface area contributed by atoms with Crippen LogP contribution >= 0.6 is 0 Å². The summed E-state index contributed by atoms with van der Waals surface area (Å²) in [7, 11) is -0.534. The molecule has 282 valence electrons. The number of carbonyl (C=O) groups excluding carboxylic acids is 4. The monoisotopic (exact) mass is 740 g/mol. The topological polar surface area (TPSA) is 145 Å². The highest BCUT2D eigenvalue weighted by Crippen LogP contribution is 2.32. The van der Waals surface area contributed by atoms with Crippen molar-refractivity contribution in [3.63, 3.8) is 0 Å². The van der Waals surface area contributed by atoms with Crippen molar-refractivity contribution in [3.8, 4) is 11.1 Å². The first kappa shape index (κ1) is 39.2. The molecular formula is C41H52N4O7Si. The molecule has 0 spiro atoms. The van der Waals surface area contributed by atoms with E-state index in [9.17, 15) is 29.1 Å². The Bertz CT molecular complexity index is 1840. The van der Waals surface area contributed by atoms with Crippen molar-refractivity contribution in [2.75, 3.05) is 13.2 Å². The summed E-state index contributed by atoms with van der Waals surface area (Å²) in [4.78, 5) is 69.5. The second-order valence-corrected chi connectivity index (χ2v) is 21.2. The Kier molecular flexibility index (Phi) is 11.8. The first-order valence-electron chi connectivity index (χ1n) is 18.3. The summed E-state index contributed by atoms with van der Waals surface area (Å²) in [6.45, 7) is 11.2. The second-order valence-electron chi connectivity index (χ2n) is 16.1. The Labute approximate surface area is 313 Å². The van der Waals surface area contributed by atoms with Crippen LogP contribution < -0.4 is 10.6 Å². The number of benzene rings is 3. The van der Waals surface area contributed by atoms with E-state index in [4.69, 9.17) is 4.74 Å². The number of rotatable bonds is 10. The molecule has 53 heavy (non-hydrogen) atoms. The van der Waals surface area contributed by atoms with E-state index in [0.717, 1.165) is 41.5 Å². The first-order chi connectivity index (χ1) is 24.9. The van der Waals surface area contributed by atoms with Crippen molar-refractivity contribution in [2.24, 2.45) is 0 Å². The zero-order valence-corrected chi connectivity index (χ0v) is 32.8. The molecule has 4 amide bonds. The van der Waals surface area contributed by atoms with Gasteiger partial charge in [0, 0.05) is 19.6 Å². The van der Waals surface area contributed by atoms with Crippen molar-refractivity contribution in [1.82, 2.24) is 20.4 Å². The Morgan fingerprint density at radius 3 is 2.21 bits per heavy atom. The van der Waals surface area contributed by atoms with Gasteiger partial charge in [-0.2, -0.15) is 0 Å². The van der Waals surface area contributed by atoms with Crippen LogP contribution in [-0.4, -0.2) is 89.7 Å². The van der Waals surface area contributed by atoms with Crippen LogP contribution in [0.2, 0.25) is 19.1 Å². The third kappa shape index (κ3) is 9.72. The fraction of sp³-hybridized carbons (Fsp3) is 0.439. The molecule has 1 fully saturated rings. The fourth-order valence-corrected chi connectivity index (χ4v) is 10.0. The van der Waals surface area contributed by atoms with Gasteiger partial charge in [0.05, 0.1) is 19.7 Å². The lowest BCUT2D eigenvalue weighted by Crippen LogP contribution is -2.57. The molecule has 2 aliphatic rings. The normalized spacial score (nSPS) is 19.0. The molecule has 3 N–H and O–H groups in total. The van der Waals surface area contributed by atoms with Crippen LogP contribution in [0.4, 0.5) is 4.79 Å². The molecule has 1 aliphatic heterocycles. The molecule has 12 heteroatoms. The molecule has 0 aromatic heterocycles. The van der Waals surface area contributed by atoms with E-state index in [1.165, 1.54) is 17.5 Å². The van der Waals surface area contributed by atoms with Gasteiger partial charge in [0.15, 0.2) is 0 Å². The van der Waals surface area contributed by atoms with Gasteiger partial charge in [-0.05, 0) is 93.0 Å². The molecule has 2 unspecified atom stereocenters. The number of carbonyl (C=O) groups is 5. The van der Waals surface area contributed by atoms with E-state index < -0.39 is 49.8 Å². The minimum atomic E-state index is -2.02. The number of ether oxygens (including phenoxy) is 1. The van der Waals surface area contributed by atoms with Crippen LogP contribution in [0.1, 0.15) is 73.6 Å². The predicted molar refractivity (Wildman–Crippen MR) is 206 cm³/mol. The molecule has 3 aromatic carbocycles. The molecule has 3 aromatic rings. The summed E-state index contributed by atoms with van der Waals surface area (Å²) in [5, 5.41) is 15.5. The molecule has 0 bridgehead atoms. The number of aryl methyl sites for hydroxylation is 1. The lowest BCUT2D eigenvalue weighted by Gasteiger charge is -2.33. The highest BCUT2D eigenvalue weighted by atomic mass is 28.3. The van der Waals surface area contributed by atoms with Crippen LogP contribution in [0.5, 0.6) is 0 Å². The van der Waals surface area contributed by atoms with Gasteiger partial charge in [-0.3, -0.25) is 19.3 Å². The number of carboxylic acids is 1. The predicted octanol–water partition coefficient (Wildman–Crippen LogP) is 5.99. The third-order valence-electron chi connectivity index (χ3n) is 10.1. The Hall–Kier alpha value is -4.97. The minimum Gasteiger partial charge on any atom is -0.478 e. The maximum Gasteiger partial charge on any atom is 0.410 e. The molecule has 1 heterocycles. The first-order valence-corrected chi connectivity index (χ1v) is 21.7. The molecule has 0 radical (unpaired) electrons. The number of carboxylic acid groups (broad SMARTS) is 1. The number of aromatic carboxylic acids is 1. The minimum absolute atomic E-state index is 0.131. The zero-order chi connectivity index (χ0) is 38.7. The number of amides is 4. The smallest absolute Gasteiger partial charge is 0.410 e. The SMILES string of the molecule is C[C@@H](C(=O)NC(Cc1ccc(-c2ccc(C(=O)O)cc2)cc1)C(=O)N1C[Si](C)(C)C[C@H]1C(=O)NC1CCCc2ccccc21)N(C)C(=O)OC(C)(C)C. The Morgan fingerprint density at radius 2 is 1.58 bits per heavy atom. The summed E-state index contributed by atoms with van der Waals surface area (Å²) in [5.41, 5.74) is 4.25. The average molecular weight is 741 g/mol. The van der Waals surface area contributed by atoms with E-state index in [1.54, 1.807) is 56.9 Å². The maximum atomic E-state index is 14.7. The fourth-order valence-electron chi connectivity index (χ4n) is 7.14. The van der Waals surface area contributed by atoms with Crippen LogP contribution in [0, 0.1) is 0 Å². The van der Waals surface area contributed by atoms with Crippen LogP contribution in [0.25, 0.3) is 11.1 Å². The number of hydrogen-bond acceptors (Lipinski definition) is 6. The van der Waals surface area contributed by atoms with E-state index in [-0.39, 0.29) is 29.8 Å². The van der Waals surface area contributed by atoms with Crippen molar-refractivity contribution < 1.29 is 33.8 Å². The number of hydrogen-bond donors (Lipinski definition) is 3. The van der Waals surface area contributed by atoms with Crippen LogP contribution in [0.15, 0.2) is 72.8 Å². The third-order valence-corrected chi connectivity index (χ3v) is 12.8. The number of likely N-dealkylation sites (N-methyl/N-ethyl adjacent to an activating group) is 1. The van der Waals surface area contributed by atoms with Crippen LogP contribution in [-0.2, 0) is 32.0 Å². The van der Waals surface area contributed by atoms with Gasteiger partial charge in [0.2, 0.25) is 17.7 Å². The van der Waals surface area contributed by atoms with Crippen molar-refractivity contribution in [2.45, 2.75) is 102 Å². The highest BCUT2D eigenvalue weighted by Gasteiger charge is 2.47. The molecule has 1 aliphatic carbocycles.